The topological polar surface area (TPSA) is 84.9 Å². The van der Waals surface area contributed by atoms with Crippen molar-refractivity contribution in [3.8, 4) is 0 Å². The largest absolute Gasteiger partial charge is 0.467 e. The van der Waals surface area contributed by atoms with Crippen LogP contribution in [0.5, 0.6) is 0 Å². The van der Waals surface area contributed by atoms with Gasteiger partial charge < -0.3 is 19.7 Å². The van der Waals surface area contributed by atoms with Gasteiger partial charge in [-0.3, -0.25) is 4.79 Å². The predicted molar refractivity (Wildman–Crippen MR) is 124 cm³/mol. The Hall–Kier alpha value is -3.35. The number of likely N-dealkylation sites (tertiary alicyclic amines) is 1. The van der Waals surface area contributed by atoms with Crippen molar-refractivity contribution in [2.75, 3.05) is 7.11 Å². The van der Waals surface area contributed by atoms with Gasteiger partial charge in [-0.15, -0.1) is 0 Å². The van der Waals surface area contributed by atoms with E-state index in [-0.39, 0.29) is 24.5 Å². The normalized spacial score (nSPS) is 19.4. The molecule has 0 bridgehead atoms. The number of carbonyl (C=O) groups is 3. The van der Waals surface area contributed by atoms with Crippen molar-refractivity contribution < 1.29 is 23.9 Å². The Morgan fingerprint density at radius 1 is 1.00 bits per heavy atom. The molecule has 176 valence electrons. The minimum Gasteiger partial charge on any atom is -0.467 e. The van der Waals surface area contributed by atoms with E-state index in [0.717, 1.165) is 11.1 Å². The van der Waals surface area contributed by atoms with Gasteiger partial charge >= 0.3 is 12.1 Å². The molecule has 1 aliphatic rings. The highest BCUT2D eigenvalue weighted by molar-refractivity contribution is 5.92. The van der Waals surface area contributed by atoms with E-state index in [4.69, 9.17) is 9.47 Å². The summed E-state index contributed by atoms with van der Waals surface area (Å²) >= 11 is 0. The van der Waals surface area contributed by atoms with Crippen LogP contribution >= 0.6 is 0 Å². The molecule has 2 aromatic carbocycles. The summed E-state index contributed by atoms with van der Waals surface area (Å²) in [6.07, 6.45) is -0.0915. The number of carbonyl (C=O) groups excluding carboxylic acids is 3. The minimum atomic E-state index is -0.679. The van der Waals surface area contributed by atoms with Crippen molar-refractivity contribution in [2.24, 2.45) is 11.8 Å². The van der Waals surface area contributed by atoms with Crippen molar-refractivity contribution in [2.45, 2.75) is 51.9 Å². The summed E-state index contributed by atoms with van der Waals surface area (Å²) in [6, 6.07) is 17.4. The maximum absolute atomic E-state index is 13.3. The second-order valence-corrected chi connectivity index (χ2v) is 8.79. The fourth-order valence-electron chi connectivity index (χ4n) is 4.33. The maximum atomic E-state index is 13.3. The molecule has 0 aromatic heterocycles. The van der Waals surface area contributed by atoms with Crippen molar-refractivity contribution >= 4 is 18.0 Å². The third-order valence-corrected chi connectivity index (χ3v) is 5.92. The number of nitrogens with one attached hydrogen (secondary N) is 1. The highest BCUT2D eigenvalue weighted by Gasteiger charge is 2.55. The quantitative estimate of drug-likeness (QED) is 0.458. The van der Waals surface area contributed by atoms with Crippen molar-refractivity contribution in [3.05, 3.63) is 71.8 Å². The number of alkyl carbamates (subject to hydrolysis) is 1. The molecule has 2 amide bonds. The van der Waals surface area contributed by atoms with Crippen LogP contribution in [0.15, 0.2) is 60.7 Å². The van der Waals surface area contributed by atoms with Crippen molar-refractivity contribution in [1.29, 1.82) is 0 Å². The van der Waals surface area contributed by atoms with Crippen LogP contribution in [0, 0.1) is 11.8 Å². The van der Waals surface area contributed by atoms with E-state index in [0.29, 0.717) is 6.42 Å². The Kier molecular flexibility index (Phi) is 8.09. The third-order valence-electron chi connectivity index (χ3n) is 5.92. The number of rotatable bonds is 9. The molecular weight excluding hydrogens is 420 g/mol. The number of amides is 2. The van der Waals surface area contributed by atoms with Crippen LogP contribution in [0.3, 0.4) is 0 Å². The summed E-state index contributed by atoms with van der Waals surface area (Å²) in [6.45, 7) is 5.94. The molecule has 0 unspecified atom stereocenters. The first-order chi connectivity index (χ1) is 15.8. The Morgan fingerprint density at radius 2 is 1.61 bits per heavy atom. The van der Waals surface area contributed by atoms with Gasteiger partial charge in [0.25, 0.3) is 0 Å². The molecule has 33 heavy (non-hydrogen) atoms. The highest BCUT2D eigenvalue weighted by Crippen LogP contribution is 2.44. The molecule has 0 saturated carbocycles. The van der Waals surface area contributed by atoms with E-state index < -0.39 is 30.1 Å². The molecule has 1 fully saturated rings. The first kappa shape index (κ1) is 24.3. The molecule has 1 N–H and O–H groups in total. The number of hydrogen-bond acceptors (Lipinski definition) is 5. The first-order valence-electron chi connectivity index (χ1n) is 11.3. The molecule has 2 aromatic rings. The van der Waals surface area contributed by atoms with Gasteiger partial charge in [0.1, 0.15) is 12.6 Å². The number of nitrogens with zero attached hydrogens (tertiary/aromatic N) is 1. The van der Waals surface area contributed by atoms with Crippen molar-refractivity contribution in [3.63, 3.8) is 0 Å². The Morgan fingerprint density at radius 3 is 2.18 bits per heavy atom. The smallest absolute Gasteiger partial charge is 0.407 e. The Balaban J connectivity index is 1.76. The lowest BCUT2D eigenvalue weighted by Gasteiger charge is -2.52. The number of β-lactam (4-membered cyclic amide) rings is 1. The van der Waals surface area contributed by atoms with E-state index >= 15 is 0 Å². The van der Waals surface area contributed by atoms with Crippen molar-refractivity contribution in [1.82, 2.24) is 10.2 Å². The standard InChI is InChI=1S/C26H32N2O5/c1-17(2)15-21(25(30)32-4)28-23(20-13-9-6-10-14-20)22(24(28)29)18(3)27-26(31)33-16-19-11-7-5-8-12-19/h5-14,17-18,21-23H,15-16H2,1-4H3,(H,27,31)/t18-,21-,22-,23-/m0/s1. The third kappa shape index (κ3) is 5.72. The summed E-state index contributed by atoms with van der Waals surface area (Å²) in [7, 11) is 1.34. The zero-order valence-corrected chi connectivity index (χ0v) is 19.6. The molecule has 0 radical (unpaired) electrons. The zero-order valence-electron chi connectivity index (χ0n) is 19.6. The average Bonchev–Trinajstić information content (AvgIpc) is 2.81. The van der Waals surface area contributed by atoms with Crippen LogP contribution in [0.2, 0.25) is 0 Å². The van der Waals surface area contributed by atoms with Crippen LogP contribution in [0.4, 0.5) is 4.79 Å². The van der Waals surface area contributed by atoms with Crippen LogP contribution in [0.1, 0.15) is 44.4 Å². The lowest BCUT2D eigenvalue weighted by Crippen LogP contribution is -2.66. The average molecular weight is 453 g/mol. The summed E-state index contributed by atoms with van der Waals surface area (Å²) in [5.74, 6) is -0.938. The van der Waals surface area contributed by atoms with E-state index in [9.17, 15) is 14.4 Å². The van der Waals surface area contributed by atoms with Gasteiger partial charge in [-0.2, -0.15) is 0 Å². The summed E-state index contributed by atoms with van der Waals surface area (Å²) in [5, 5.41) is 2.80. The summed E-state index contributed by atoms with van der Waals surface area (Å²) < 4.78 is 10.3. The van der Waals surface area contributed by atoms with Gasteiger partial charge in [-0.1, -0.05) is 74.5 Å². The molecule has 7 heteroatoms. The first-order valence-corrected chi connectivity index (χ1v) is 11.3. The predicted octanol–water partition coefficient (Wildman–Crippen LogP) is 4.09. The van der Waals surface area contributed by atoms with E-state index in [1.807, 2.05) is 74.5 Å². The van der Waals surface area contributed by atoms with Crippen LogP contribution in [0.25, 0.3) is 0 Å². The van der Waals surface area contributed by atoms with Gasteiger partial charge in [0, 0.05) is 6.04 Å². The SMILES string of the molecule is COC(=O)[C@H](CC(C)C)N1C(=O)[C@@H]([C@H](C)NC(=O)OCc2ccccc2)[C@@H]1c1ccccc1. The zero-order chi connectivity index (χ0) is 24.0. The van der Waals surface area contributed by atoms with Gasteiger partial charge in [-0.25, -0.2) is 9.59 Å². The number of esters is 1. The molecular formula is C26H32N2O5. The van der Waals surface area contributed by atoms with Crippen LogP contribution in [-0.4, -0.2) is 42.1 Å². The molecule has 0 aliphatic carbocycles. The maximum Gasteiger partial charge on any atom is 0.407 e. The summed E-state index contributed by atoms with van der Waals surface area (Å²) in [4.78, 5) is 39.9. The second-order valence-electron chi connectivity index (χ2n) is 8.79. The molecule has 0 spiro atoms. The number of benzene rings is 2. The van der Waals surface area contributed by atoms with Gasteiger partial charge in [0.2, 0.25) is 5.91 Å². The monoisotopic (exact) mass is 452 g/mol. The highest BCUT2D eigenvalue weighted by atomic mass is 16.5. The minimum absolute atomic E-state index is 0.144. The molecule has 4 atom stereocenters. The number of methoxy groups -OCH3 is 1. The Labute approximate surface area is 195 Å². The van der Waals surface area contributed by atoms with E-state index in [2.05, 4.69) is 5.32 Å². The molecule has 1 aliphatic heterocycles. The number of hydrogen-bond donors (Lipinski definition) is 1. The second kappa shape index (κ2) is 11.0. The molecule has 1 saturated heterocycles. The molecule has 3 rings (SSSR count). The fraction of sp³-hybridized carbons (Fsp3) is 0.423. The Bertz CT molecular complexity index is 948. The molecule has 1 heterocycles. The van der Waals surface area contributed by atoms with Gasteiger partial charge in [0.15, 0.2) is 0 Å². The van der Waals surface area contributed by atoms with E-state index in [1.54, 1.807) is 11.8 Å². The lowest BCUT2D eigenvalue weighted by atomic mass is 9.76. The van der Waals surface area contributed by atoms with Gasteiger partial charge in [-0.05, 0) is 30.4 Å². The van der Waals surface area contributed by atoms with Gasteiger partial charge in [0.05, 0.1) is 19.1 Å². The summed E-state index contributed by atoms with van der Waals surface area (Å²) in [5.41, 5.74) is 1.79. The van der Waals surface area contributed by atoms with E-state index in [1.165, 1.54) is 7.11 Å². The lowest BCUT2D eigenvalue weighted by molar-refractivity contribution is -0.174. The fourth-order valence-corrected chi connectivity index (χ4v) is 4.33. The number of ether oxygens (including phenoxy) is 2. The van der Waals surface area contributed by atoms with Crippen LogP contribution < -0.4 is 5.32 Å². The van der Waals surface area contributed by atoms with Crippen LogP contribution in [-0.2, 0) is 25.7 Å². The molecule has 7 nitrogen and oxygen atoms in total.